The molecule has 0 saturated carbocycles. The van der Waals surface area contributed by atoms with E-state index < -0.39 is 10.8 Å². The standard InChI is InChI=1S/C19H22N4O3S2/c1-3-23(4-2)28(25,26)16-7-5-15(6-8-16)18(24)22-19-21-17(13-27-19)14-9-11-20-12-10-14/h5-13,25-26H,3-4H2,1-2H3,(H,21,22,24). The molecule has 0 spiro atoms. The van der Waals surface area contributed by atoms with Crippen LogP contribution in [-0.4, -0.2) is 42.4 Å². The summed E-state index contributed by atoms with van der Waals surface area (Å²) in [6.07, 6.45) is 3.38. The van der Waals surface area contributed by atoms with E-state index in [1.165, 1.54) is 11.3 Å². The van der Waals surface area contributed by atoms with Gasteiger partial charge in [0.25, 0.3) is 5.91 Å². The second-order valence-electron chi connectivity index (χ2n) is 5.89. The lowest BCUT2D eigenvalue weighted by atomic mass is 10.2. The lowest BCUT2D eigenvalue weighted by Gasteiger charge is -2.41. The lowest BCUT2D eigenvalue weighted by molar-refractivity contribution is 0.102. The van der Waals surface area contributed by atoms with Gasteiger partial charge in [0.05, 0.1) is 10.6 Å². The number of aromatic nitrogens is 2. The van der Waals surface area contributed by atoms with Gasteiger partial charge in [0.2, 0.25) is 0 Å². The number of thiazole rings is 1. The van der Waals surface area contributed by atoms with E-state index in [9.17, 15) is 13.9 Å². The molecule has 0 radical (unpaired) electrons. The smallest absolute Gasteiger partial charge is 0.257 e. The van der Waals surface area contributed by atoms with E-state index >= 15 is 0 Å². The summed E-state index contributed by atoms with van der Waals surface area (Å²) in [6, 6.07) is 10.0. The molecule has 1 amide bonds. The first kappa shape index (κ1) is 20.4. The molecule has 0 aliphatic heterocycles. The van der Waals surface area contributed by atoms with Crippen molar-refractivity contribution in [2.24, 2.45) is 0 Å². The van der Waals surface area contributed by atoms with Gasteiger partial charge in [-0.3, -0.25) is 24.2 Å². The fraction of sp³-hybridized carbons (Fsp3) is 0.211. The Hall–Kier alpha value is -2.30. The van der Waals surface area contributed by atoms with Crippen molar-refractivity contribution in [3.63, 3.8) is 0 Å². The summed E-state index contributed by atoms with van der Waals surface area (Å²) in [5, 5.41) is 5.14. The Kier molecular flexibility index (Phi) is 6.42. The SMILES string of the molecule is CCN(CC)S(O)(O)c1ccc(C(=O)Nc2nc(-c3ccncc3)cs2)cc1. The van der Waals surface area contributed by atoms with E-state index in [4.69, 9.17) is 0 Å². The van der Waals surface area contributed by atoms with Crippen LogP contribution in [0.3, 0.4) is 0 Å². The van der Waals surface area contributed by atoms with Crippen molar-refractivity contribution in [2.75, 3.05) is 18.4 Å². The summed E-state index contributed by atoms with van der Waals surface area (Å²) in [6.45, 7) is 4.78. The van der Waals surface area contributed by atoms with Crippen LogP contribution in [0.25, 0.3) is 11.3 Å². The molecule has 148 valence electrons. The lowest BCUT2D eigenvalue weighted by Crippen LogP contribution is -2.27. The fourth-order valence-electron chi connectivity index (χ4n) is 2.68. The average Bonchev–Trinajstić information content (AvgIpc) is 3.18. The average molecular weight is 419 g/mol. The molecule has 0 fully saturated rings. The van der Waals surface area contributed by atoms with Crippen LogP contribution in [0.4, 0.5) is 5.13 Å². The monoisotopic (exact) mass is 418 g/mol. The van der Waals surface area contributed by atoms with Crippen molar-refractivity contribution in [1.29, 1.82) is 0 Å². The summed E-state index contributed by atoms with van der Waals surface area (Å²) >= 11 is 1.34. The third-order valence-corrected chi connectivity index (χ3v) is 7.10. The van der Waals surface area contributed by atoms with Gasteiger partial charge in [-0.1, -0.05) is 13.8 Å². The summed E-state index contributed by atoms with van der Waals surface area (Å²) in [5.74, 6) is -0.304. The predicted molar refractivity (Wildman–Crippen MR) is 114 cm³/mol. The highest BCUT2D eigenvalue weighted by Gasteiger charge is 2.22. The molecule has 0 saturated heterocycles. The largest absolute Gasteiger partial charge is 0.298 e. The fourth-order valence-corrected chi connectivity index (χ4v) is 4.91. The maximum Gasteiger partial charge on any atom is 0.257 e. The van der Waals surface area contributed by atoms with Crippen molar-refractivity contribution < 1.29 is 13.9 Å². The van der Waals surface area contributed by atoms with Gasteiger partial charge in [-0.15, -0.1) is 22.1 Å². The van der Waals surface area contributed by atoms with Crippen LogP contribution in [0.15, 0.2) is 59.1 Å². The summed E-state index contributed by atoms with van der Waals surface area (Å²) < 4.78 is 22.5. The van der Waals surface area contributed by atoms with Gasteiger partial charge in [0.1, 0.15) is 0 Å². The second kappa shape index (κ2) is 8.80. The number of nitrogens with zero attached hydrogens (tertiary/aromatic N) is 3. The molecule has 0 atom stereocenters. The Balaban J connectivity index is 1.71. The van der Waals surface area contributed by atoms with E-state index in [1.54, 1.807) is 41.0 Å². The minimum Gasteiger partial charge on any atom is -0.298 e. The number of rotatable bonds is 7. The van der Waals surface area contributed by atoms with Crippen LogP contribution in [0.1, 0.15) is 24.2 Å². The van der Waals surface area contributed by atoms with Crippen LogP contribution in [0.2, 0.25) is 0 Å². The Bertz CT molecular complexity index is 926. The topological polar surface area (TPSA) is 98.6 Å². The maximum atomic E-state index is 12.5. The van der Waals surface area contributed by atoms with Crippen LogP contribution < -0.4 is 5.32 Å². The Labute approximate surface area is 169 Å². The summed E-state index contributed by atoms with van der Waals surface area (Å²) in [5.41, 5.74) is 2.11. The molecular weight excluding hydrogens is 396 g/mol. The summed E-state index contributed by atoms with van der Waals surface area (Å²) in [7, 11) is -3.04. The molecule has 2 heterocycles. The van der Waals surface area contributed by atoms with Crippen LogP contribution >= 0.6 is 22.1 Å². The van der Waals surface area contributed by atoms with Crippen molar-refractivity contribution in [2.45, 2.75) is 18.7 Å². The molecule has 2 aromatic heterocycles. The van der Waals surface area contributed by atoms with E-state index in [-0.39, 0.29) is 5.91 Å². The van der Waals surface area contributed by atoms with Gasteiger partial charge in [-0.05, 0) is 36.4 Å². The number of nitrogens with one attached hydrogen (secondary N) is 1. The first-order chi connectivity index (χ1) is 13.5. The van der Waals surface area contributed by atoms with E-state index in [2.05, 4.69) is 15.3 Å². The number of anilines is 1. The first-order valence-corrected chi connectivity index (χ1v) is 11.1. The number of hydrogen-bond acceptors (Lipinski definition) is 7. The Morgan fingerprint density at radius 3 is 2.36 bits per heavy atom. The van der Waals surface area contributed by atoms with Crippen molar-refractivity contribution >= 4 is 33.2 Å². The molecular formula is C19H22N4O3S2. The van der Waals surface area contributed by atoms with Gasteiger partial charge in [-0.25, -0.2) is 9.29 Å². The number of carbonyl (C=O) groups excluding carboxylic acids is 1. The molecule has 0 bridgehead atoms. The van der Waals surface area contributed by atoms with Crippen LogP contribution in [-0.2, 0) is 0 Å². The third-order valence-electron chi connectivity index (χ3n) is 4.20. The van der Waals surface area contributed by atoms with Gasteiger partial charge < -0.3 is 0 Å². The highest BCUT2D eigenvalue weighted by molar-refractivity contribution is 8.22. The van der Waals surface area contributed by atoms with Gasteiger partial charge in [-0.2, -0.15) is 0 Å². The summed E-state index contributed by atoms with van der Waals surface area (Å²) in [4.78, 5) is 21.3. The van der Waals surface area contributed by atoms with Gasteiger partial charge in [0.15, 0.2) is 5.13 Å². The molecule has 1 aromatic carbocycles. The molecule has 0 aliphatic carbocycles. The Morgan fingerprint density at radius 1 is 1.11 bits per heavy atom. The van der Waals surface area contributed by atoms with Crippen LogP contribution in [0.5, 0.6) is 0 Å². The number of pyridine rings is 1. The van der Waals surface area contributed by atoms with E-state index in [0.717, 1.165) is 11.3 Å². The predicted octanol–water partition coefficient (Wildman–Crippen LogP) is 4.82. The molecule has 28 heavy (non-hydrogen) atoms. The minimum absolute atomic E-state index is 0.304. The first-order valence-electron chi connectivity index (χ1n) is 8.76. The van der Waals surface area contributed by atoms with E-state index in [1.807, 2.05) is 31.4 Å². The molecule has 0 aliphatic rings. The Morgan fingerprint density at radius 2 is 1.75 bits per heavy atom. The van der Waals surface area contributed by atoms with Crippen LogP contribution in [0, 0.1) is 0 Å². The van der Waals surface area contributed by atoms with Crippen molar-refractivity contribution in [3.8, 4) is 11.3 Å². The second-order valence-corrected chi connectivity index (χ2v) is 8.77. The zero-order chi connectivity index (χ0) is 20.1. The number of carbonyl (C=O) groups is 1. The highest BCUT2D eigenvalue weighted by Crippen LogP contribution is 2.51. The quantitative estimate of drug-likeness (QED) is 0.509. The number of benzene rings is 1. The normalized spacial score (nSPS) is 12.2. The van der Waals surface area contributed by atoms with Gasteiger partial charge in [0, 0.05) is 42.0 Å². The molecule has 3 aromatic rings. The van der Waals surface area contributed by atoms with Crippen molar-refractivity contribution in [1.82, 2.24) is 14.3 Å². The molecule has 3 rings (SSSR count). The molecule has 7 nitrogen and oxygen atoms in total. The third kappa shape index (κ3) is 4.40. The van der Waals surface area contributed by atoms with Crippen molar-refractivity contribution in [3.05, 3.63) is 59.7 Å². The molecule has 3 N–H and O–H groups in total. The maximum absolute atomic E-state index is 12.5. The number of hydrogen-bond donors (Lipinski definition) is 3. The minimum atomic E-state index is -3.04. The molecule has 9 heteroatoms. The number of amides is 1. The van der Waals surface area contributed by atoms with Gasteiger partial charge >= 0.3 is 0 Å². The molecule has 0 unspecified atom stereocenters. The van der Waals surface area contributed by atoms with E-state index in [0.29, 0.717) is 28.7 Å². The zero-order valence-corrected chi connectivity index (χ0v) is 17.2. The highest BCUT2D eigenvalue weighted by atomic mass is 32.3. The zero-order valence-electron chi connectivity index (χ0n) is 15.6.